The van der Waals surface area contributed by atoms with Crippen LogP contribution in [0.3, 0.4) is 0 Å². The van der Waals surface area contributed by atoms with E-state index in [1.165, 1.54) is 19.3 Å². The summed E-state index contributed by atoms with van der Waals surface area (Å²) in [6.07, 6.45) is 8.50. The lowest BCUT2D eigenvalue weighted by Crippen LogP contribution is -2.41. The van der Waals surface area contributed by atoms with E-state index >= 15 is 0 Å². The van der Waals surface area contributed by atoms with Gasteiger partial charge in [-0.1, -0.05) is 37.3 Å². The highest BCUT2D eigenvalue weighted by Crippen LogP contribution is 2.24. The van der Waals surface area contributed by atoms with Gasteiger partial charge in [0.1, 0.15) is 5.84 Å². The van der Waals surface area contributed by atoms with Crippen LogP contribution in [0, 0.1) is 5.92 Å². The first-order chi connectivity index (χ1) is 9.06. The molecular formula is C14H27N3O2. The van der Waals surface area contributed by atoms with Crippen molar-refractivity contribution in [2.75, 3.05) is 7.05 Å². The topological polar surface area (TPSA) is 78.9 Å². The van der Waals surface area contributed by atoms with Crippen LogP contribution in [0.4, 0.5) is 0 Å². The zero-order chi connectivity index (χ0) is 14.3. The fourth-order valence-electron chi connectivity index (χ4n) is 2.69. The highest BCUT2D eigenvalue weighted by atomic mass is 16.4. The van der Waals surface area contributed by atoms with E-state index in [0.717, 1.165) is 25.7 Å². The molecule has 0 radical (unpaired) electrons. The summed E-state index contributed by atoms with van der Waals surface area (Å²) in [6, 6.07) is -0.0335. The van der Waals surface area contributed by atoms with E-state index in [4.69, 9.17) is 10.9 Å². The van der Waals surface area contributed by atoms with Crippen molar-refractivity contribution in [3.05, 3.63) is 0 Å². The van der Waals surface area contributed by atoms with Crippen molar-refractivity contribution >= 4 is 11.7 Å². The molecule has 0 aliphatic heterocycles. The molecule has 0 saturated heterocycles. The minimum absolute atomic E-state index is 0.0335. The molecule has 1 aliphatic carbocycles. The Balaban J connectivity index is 2.53. The average Bonchev–Trinajstić information content (AvgIpc) is 2.36. The number of rotatable bonds is 4. The molecule has 1 saturated carbocycles. The van der Waals surface area contributed by atoms with Gasteiger partial charge in [0, 0.05) is 25.4 Å². The smallest absolute Gasteiger partial charge is 0.225 e. The predicted octanol–water partition coefficient (Wildman–Crippen LogP) is 2.33. The number of amides is 1. The SMILES string of the molecule is CC(CC(N)=NO)N(C)C(=O)C1CCCCCCC1. The van der Waals surface area contributed by atoms with Crippen LogP contribution in [-0.2, 0) is 4.79 Å². The molecule has 0 spiro atoms. The minimum Gasteiger partial charge on any atom is -0.409 e. The van der Waals surface area contributed by atoms with E-state index in [1.54, 1.807) is 4.90 Å². The van der Waals surface area contributed by atoms with Crippen molar-refractivity contribution in [2.24, 2.45) is 16.8 Å². The van der Waals surface area contributed by atoms with E-state index < -0.39 is 0 Å². The van der Waals surface area contributed by atoms with Crippen LogP contribution in [0.1, 0.15) is 58.3 Å². The lowest BCUT2D eigenvalue weighted by Gasteiger charge is -2.29. The molecule has 0 aromatic rings. The monoisotopic (exact) mass is 269 g/mol. The Morgan fingerprint density at radius 1 is 1.32 bits per heavy atom. The third kappa shape index (κ3) is 5.09. The first-order valence-electron chi connectivity index (χ1n) is 7.29. The molecule has 0 aromatic carbocycles. The van der Waals surface area contributed by atoms with Gasteiger partial charge in [0.2, 0.25) is 5.91 Å². The molecule has 1 unspecified atom stereocenters. The van der Waals surface area contributed by atoms with Gasteiger partial charge in [-0.05, 0) is 19.8 Å². The van der Waals surface area contributed by atoms with Crippen LogP contribution in [0.5, 0.6) is 0 Å². The Hall–Kier alpha value is -1.26. The Kier molecular flexibility index (Phi) is 6.67. The summed E-state index contributed by atoms with van der Waals surface area (Å²) in [5, 5.41) is 11.5. The molecule has 5 heteroatoms. The quantitative estimate of drug-likeness (QED) is 0.356. The van der Waals surface area contributed by atoms with Gasteiger partial charge in [-0.15, -0.1) is 0 Å². The highest BCUT2D eigenvalue weighted by molar-refractivity contribution is 5.82. The van der Waals surface area contributed by atoms with Crippen LogP contribution in [0.15, 0.2) is 5.16 Å². The second-order valence-corrected chi connectivity index (χ2v) is 5.64. The summed E-state index contributed by atoms with van der Waals surface area (Å²) in [4.78, 5) is 14.2. The van der Waals surface area contributed by atoms with E-state index in [-0.39, 0.29) is 23.7 Å². The lowest BCUT2D eigenvalue weighted by molar-refractivity contribution is -0.136. The zero-order valence-corrected chi connectivity index (χ0v) is 12.1. The Labute approximate surface area is 115 Å². The maximum absolute atomic E-state index is 12.5. The molecule has 1 aliphatic rings. The molecule has 1 fully saturated rings. The van der Waals surface area contributed by atoms with Gasteiger partial charge in [0.15, 0.2) is 0 Å². The number of nitrogens with zero attached hydrogens (tertiary/aromatic N) is 2. The van der Waals surface area contributed by atoms with E-state index in [1.807, 2.05) is 14.0 Å². The van der Waals surface area contributed by atoms with Crippen molar-refractivity contribution in [1.29, 1.82) is 0 Å². The summed E-state index contributed by atoms with van der Waals surface area (Å²) in [5.74, 6) is 0.532. The fraction of sp³-hybridized carbons (Fsp3) is 0.857. The summed E-state index contributed by atoms with van der Waals surface area (Å²) in [6.45, 7) is 1.93. The average molecular weight is 269 g/mol. The summed E-state index contributed by atoms with van der Waals surface area (Å²) in [5.41, 5.74) is 5.50. The molecule has 0 bridgehead atoms. The number of amidine groups is 1. The van der Waals surface area contributed by atoms with Crippen molar-refractivity contribution in [3.8, 4) is 0 Å². The molecule has 1 atom stereocenters. The Morgan fingerprint density at radius 2 is 1.84 bits per heavy atom. The first-order valence-corrected chi connectivity index (χ1v) is 7.29. The number of carbonyl (C=O) groups excluding carboxylic acids is 1. The third-order valence-corrected chi connectivity index (χ3v) is 4.10. The second kappa shape index (κ2) is 8.02. The van der Waals surface area contributed by atoms with Gasteiger partial charge in [-0.3, -0.25) is 4.79 Å². The van der Waals surface area contributed by atoms with Crippen LogP contribution in [0.2, 0.25) is 0 Å². The largest absolute Gasteiger partial charge is 0.409 e. The number of oxime groups is 1. The van der Waals surface area contributed by atoms with Crippen molar-refractivity contribution in [1.82, 2.24) is 4.90 Å². The molecule has 0 heterocycles. The van der Waals surface area contributed by atoms with Crippen LogP contribution >= 0.6 is 0 Å². The second-order valence-electron chi connectivity index (χ2n) is 5.64. The highest BCUT2D eigenvalue weighted by Gasteiger charge is 2.25. The number of carbonyl (C=O) groups is 1. The first kappa shape index (κ1) is 15.8. The van der Waals surface area contributed by atoms with Crippen molar-refractivity contribution in [2.45, 2.75) is 64.3 Å². The maximum Gasteiger partial charge on any atom is 0.225 e. The summed E-state index contributed by atoms with van der Waals surface area (Å²) >= 11 is 0. The summed E-state index contributed by atoms with van der Waals surface area (Å²) in [7, 11) is 1.82. The Bertz CT molecular complexity index is 310. The third-order valence-electron chi connectivity index (χ3n) is 4.10. The van der Waals surface area contributed by atoms with Crippen LogP contribution < -0.4 is 5.73 Å². The summed E-state index contributed by atoms with van der Waals surface area (Å²) < 4.78 is 0. The van der Waals surface area contributed by atoms with Crippen molar-refractivity contribution < 1.29 is 10.0 Å². The van der Waals surface area contributed by atoms with E-state index in [0.29, 0.717) is 6.42 Å². The molecule has 1 rings (SSSR count). The lowest BCUT2D eigenvalue weighted by atomic mass is 9.90. The van der Waals surface area contributed by atoms with Crippen molar-refractivity contribution in [3.63, 3.8) is 0 Å². The van der Waals surface area contributed by atoms with Gasteiger partial charge in [0.25, 0.3) is 0 Å². The number of hydrogen-bond acceptors (Lipinski definition) is 3. The molecule has 5 nitrogen and oxygen atoms in total. The maximum atomic E-state index is 12.5. The molecule has 110 valence electrons. The standard InChI is InChI=1S/C14H27N3O2/c1-11(10-13(15)16-19)17(2)14(18)12-8-6-4-3-5-7-9-12/h11-12,19H,3-10H2,1-2H3,(H2,15,16). The zero-order valence-electron chi connectivity index (χ0n) is 12.1. The molecule has 0 aromatic heterocycles. The van der Waals surface area contributed by atoms with Gasteiger partial charge >= 0.3 is 0 Å². The molecule has 1 amide bonds. The van der Waals surface area contributed by atoms with E-state index in [2.05, 4.69) is 5.16 Å². The molecular weight excluding hydrogens is 242 g/mol. The minimum atomic E-state index is -0.0335. The normalized spacial score (nSPS) is 20.4. The van der Waals surface area contributed by atoms with Gasteiger partial charge in [0.05, 0.1) is 0 Å². The van der Waals surface area contributed by atoms with Crippen LogP contribution in [0.25, 0.3) is 0 Å². The number of hydrogen-bond donors (Lipinski definition) is 2. The van der Waals surface area contributed by atoms with Crippen LogP contribution in [-0.4, -0.2) is 34.9 Å². The Morgan fingerprint density at radius 3 is 2.37 bits per heavy atom. The molecule has 3 N–H and O–H groups in total. The van der Waals surface area contributed by atoms with Gasteiger partial charge in [-0.25, -0.2) is 0 Å². The fourth-order valence-corrected chi connectivity index (χ4v) is 2.69. The molecule has 19 heavy (non-hydrogen) atoms. The predicted molar refractivity (Wildman–Crippen MR) is 76.1 cm³/mol. The van der Waals surface area contributed by atoms with Gasteiger partial charge < -0.3 is 15.8 Å². The van der Waals surface area contributed by atoms with E-state index in [9.17, 15) is 4.79 Å². The van der Waals surface area contributed by atoms with Gasteiger partial charge in [-0.2, -0.15) is 0 Å². The number of nitrogens with two attached hydrogens (primary N) is 1.